The Morgan fingerprint density at radius 2 is 1.80 bits per heavy atom. The number of aryl methyl sites for hydroxylation is 1. The standard InChI is InChI=1S/C16H17FN2O/c1-12-6-2-5-9-15(12)19(11-10-18)16(20)13-7-3-4-8-14(13)17/h2-9H,10-11,18H2,1H3. The molecule has 0 aliphatic carbocycles. The zero-order chi connectivity index (χ0) is 14.5. The molecule has 4 heteroatoms. The molecule has 0 fully saturated rings. The summed E-state index contributed by atoms with van der Waals surface area (Å²) in [5, 5.41) is 0. The Balaban J connectivity index is 2.42. The zero-order valence-corrected chi connectivity index (χ0v) is 11.3. The van der Waals surface area contributed by atoms with Crippen LogP contribution < -0.4 is 10.6 Å². The third kappa shape index (κ3) is 2.86. The number of nitrogens with two attached hydrogens (primary N) is 1. The molecule has 3 nitrogen and oxygen atoms in total. The summed E-state index contributed by atoms with van der Waals surface area (Å²) in [5.41, 5.74) is 7.35. The van der Waals surface area contributed by atoms with Crippen LogP contribution in [0.15, 0.2) is 48.5 Å². The molecule has 0 bridgehead atoms. The molecule has 2 N–H and O–H groups in total. The van der Waals surface area contributed by atoms with Gasteiger partial charge in [-0.25, -0.2) is 4.39 Å². The highest BCUT2D eigenvalue weighted by Crippen LogP contribution is 2.22. The minimum absolute atomic E-state index is 0.0594. The summed E-state index contributed by atoms with van der Waals surface area (Å²) in [4.78, 5) is 14.1. The summed E-state index contributed by atoms with van der Waals surface area (Å²) < 4.78 is 13.8. The maximum Gasteiger partial charge on any atom is 0.261 e. The minimum atomic E-state index is -0.520. The largest absolute Gasteiger partial charge is 0.329 e. The molecule has 0 heterocycles. The maximum absolute atomic E-state index is 13.8. The van der Waals surface area contributed by atoms with Crippen molar-refractivity contribution < 1.29 is 9.18 Å². The third-order valence-electron chi connectivity index (χ3n) is 3.11. The summed E-state index contributed by atoms with van der Waals surface area (Å²) in [6.45, 7) is 2.57. The monoisotopic (exact) mass is 272 g/mol. The molecule has 0 radical (unpaired) electrons. The molecule has 20 heavy (non-hydrogen) atoms. The van der Waals surface area contributed by atoms with Crippen molar-refractivity contribution in [1.82, 2.24) is 0 Å². The van der Waals surface area contributed by atoms with Gasteiger partial charge in [-0.15, -0.1) is 0 Å². The van der Waals surface area contributed by atoms with Gasteiger partial charge in [-0.3, -0.25) is 4.79 Å². The van der Waals surface area contributed by atoms with Crippen LogP contribution in [0.1, 0.15) is 15.9 Å². The first kappa shape index (κ1) is 14.2. The van der Waals surface area contributed by atoms with Crippen molar-refractivity contribution in [2.24, 2.45) is 5.73 Å². The highest BCUT2D eigenvalue weighted by atomic mass is 19.1. The number of benzene rings is 2. The second kappa shape index (κ2) is 6.30. The Kier molecular flexibility index (Phi) is 4.48. The Labute approximate surface area is 117 Å². The van der Waals surface area contributed by atoms with Gasteiger partial charge >= 0.3 is 0 Å². The number of carbonyl (C=O) groups excluding carboxylic acids is 1. The lowest BCUT2D eigenvalue weighted by Crippen LogP contribution is -2.36. The predicted molar refractivity (Wildman–Crippen MR) is 78.3 cm³/mol. The average molecular weight is 272 g/mol. The van der Waals surface area contributed by atoms with E-state index in [2.05, 4.69) is 0 Å². The van der Waals surface area contributed by atoms with Crippen molar-refractivity contribution in [3.05, 3.63) is 65.5 Å². The molecule has 0 unspecified atom stereocenters. The van der Waals surface area contributed by atoms with Crippen molar-refractivity contribution in [3.63, 3.8) is 0 Å². The van der Waals surface area contributed by atoms with E-state index in [-0.39, 0.29) is 11.5 Å². The summed E-state index contributed by atoms with van der Waals surface area (Å²) in [6.07, 6.45) is 0. The van der Waals surface area contributed by atoms with Crippen molar-refractivity contribution in [2.45, 2.75) is 6.92 Å². The van der Waals surface area contributed by atoms with Crippen molar-refractivity contribution >= 4 is 11.6 Å². The zero-order valence-electron chi connectivity index (χ0n) is 11.3. The fourth-order valence-corrected chi connectivity index (χ4v) is 2.11. The smallest absolute Gasteiger partial charge is 0.261 e. The first-order valence-electron chi connectivity index (χ1n) is 6.47. The first-order chi connectivity index (χ1) is 9.65. The summed E-state index contributed by atoms with van der Waals surface area (Å²) in [6, 6.07) is 13.5. The Bertz CT molecular complexity index is 613. The molecule has 0 saturated carbocycles. The second-order valence-electron chi connectivity index (χ2n) is 4.51. The molecule has 0 atom stereocenters. The molecule has 0 saturated heterocycles. The summed E-state index contributed by atoms with van der Waals surface area (Å²) in [5.74, 6) is -0.893. The van der Waals surface area contributed by atoms with E-state index in [4.69, 9.17) is 5.73 Å². The highest BCUT2D eigenvalue weighted by Gasteiger charge is 2.20. The van der Waals surface area contributed by atoms with Crippen LogP contribution >= 0.6 is 0 Å². The van der Waals surface area contributed by atoms with Gasteiger partial charge in [0.1, 0.15) is 5.82 Å². The van der Waals surface area contributed by atoms with Crippen molar-refractivity contribution in [1.29, 1.82) is 0 Å². The van der Waals surface area contributed by atoms with E-state index in [9.17, 15) is 9.18 Å². The number of hydrogen-bond acceptors (Lipinski definition) is 2. The van der Waals surface area contributed by atoms with Crippen LogP contribution in [-0.4, -0.2) is 19.0 Å². The van der Waals surface area contributed by atoms with Gasteiger partial charge in [0.25, 0.3) is 5.91 Å². The normalized spacial score (nSPS) is 10.3. The molecule has 0 aromatic heterocycles. The van der Waals surface area contributed by atoms with Crippen LogP contribution in [0.4, 0.5) is 10.1 Å². The van der Waals surface area contributed by atoms with Crippen molar-refractivity contribution in [3.8, 4) is 0 Å². The lowest BCUT2D eigenvalue weighted by Gasteiger charge is -2.24. The van der Waals surface area contributed by atoms with E-state index in [1.807, 2.05) is 31.2 Å². The lowest BCUT2D eigenvalue weighted by molar-refractivity contribution is 0.0983. The SMILES string of the molecule is Cc1ccccc1N(CCN)C(=O)c1ccccc1F. The van der Waals surface area contributed by atoms with E-state index in [1.54, 1.807) is 12.1 Å². The number of carbonyl (C=O) groups is 1. The molecule has 0 aliphatic rings. The summed E-state index contributed by atoms with van der Waals surface area (Å²) >= 11 is 0. The fourth-order valence-electron chi connectivity index (χ4n) is 2.11. The van der Waals surface area contributed by atoms with Gasteiger partial charge in [0.2, 0.25) is 0 Å². The number of halogens is 1. The van der Waals surface area contributed by atoms with Crippen LogP contribution in [0.2, 0.25) is 0 Å². The topological polar surface area (TPSA) is 46.3 Å². The van der Waals surface area contributed by atoms with Gasteiger partial charge in [-0.2, -0.15) is 0 Å². The molecular weight excluding hydrogens is 255 g/mol. The second-order valence-corrected chi connectivity index (χ2v) is 4.51. The van der Waals surface area contributed by atoms with E-state index in [0.29, 0.717) is 13.1 Å². The number of amides is 1. The highest BCUT2D eigenvalue weighted by molar-refractivity contribution is 6.06. The minimum Gasteiger partial charge on any atom is -0.329 e. The Morgan fingerprint density at radius 1 is 1.15 bits per heavy atom. The van der Waals surface area contributed by atoms with E-state index >= 15 is 0 Å². The molecule has 2 rings (SSSR count). The average Bonchev–Trinajstić information content (AvgIpc) is 2.46. The number of nitrogens with zero attached hydrogens (tertiary/aromatic N) is 1. The van der Waals surface area contributed by atoms with Gasteiger partial charge in [0.05, 0.1) is 5.56 Å². The Morgan fingerprint density at radius 3 is 2.45 bits per heavy atom. The number of hydrogen-bond donors (Lipinski definition) is 1. The van der Waals surface area contributed by atoms with Crippen LogP contribution in [0.5, 0.6) is 0 Å². The van der Waals surface area contributed by atoms with Crippen LogP contribution in [0, 0.1) is 12.7 Å². The number of para-hydroxylation sites is 1. The molecule has 1 amide bonds. The van der Waals surface area contributed by atoms with Gasteiger partial charge in [0.15, 0.2) is 0 Å². The van der Waals surface area contributed by atoms with Gasteiger partial charge in [-0.05, 0) is 30.7 Å². The summed E-state index contributed by atoms with van der Waals surface area (Å²) in [7, 11) is 0. The van der Waals surface area contributed by atoms with Gasteiger partial charge in [-0.1, -0.05) is 30.3 Å². The maximum atomic E-state index is 13.8. The quantitative estimate of drug-likeness (QED) is 0.930. The lowest BCUT2D eigenvalue weighted by atomic mass is 10.1. The van der Waals surface area contributed by atoms with Gasteiger partial charge < -0.3 is 10.6 Å². The van der Waals surface area contributed by atoms with Crippen LogP contribution in [-0.2, 0) is 0 Å². The fraction of sp³-hybridized carbons (Fsp3) is 0.188. The predicted octanol–water partition coefficient (Wildman–Crippen LogP) is 2.74. The van der Waals surface area contributed by atoms with Crippen molar-refractivity contribution in [2.75, 3.05) is 18.0 Å². The molecule has 0 aliphatic heterocycles. The molecule has 2 aromatic rings. The molecular formula is C16H17FN2O. The first-order valence-corrected chi connectivity index (χ1v) is 6.47. The van der Waals surface area contributed by atoms with Gasteiger partial charge in [0, 0.05) is 18.8 Å². The Hall–Kier alpha value is -2.20. The third-order valence-corrected chi connectivity index (χ3v) is 3.11. The molecule has 104 valence electrons. The van der Waals surface area contributed by atoms with E-state index in [0.717, 1.165) is 11.3 Å². The number of rotatable bonds is 4. The molecule has 2 aromatic carbocycles. The van der Waals surface area contributed by atoms with Crippen LogP contribution in [0.3, 0.4) is 0 Å². The number of anilines is 1. The van der Waals surface area contributed by atoms with E-state index in [1.165, 1.54) is 17.0 Å². The molecule has 0 spiro atoms. The van der Waals surface area contributed by atoms with E-state index < -0.39 is 5.82 Å². The van der Waals surface area contributed by atoms with Crippen LogP contribution in [0.25, 0.3) is 0 Å².